The van der Waals surface area contributed by atoms with Crippen molar-refractivity contribution in [2.75, 3.05) is 0 Å². The molecule has 62 valence electrons. The normalized spacial score (nSPS) is 9.33. The lowest BCUT2D eigenvalue weighted by Gasteiger charge is -2.01. The van der Waals surface area contributed by atoms with E-state index >= 15 is 0 Å². The fourth-order valence-corrected chi connectivity index (χ4v) is 0.938. The van der Waals surface area contributed by atoms with E-state index in [1.165, 1.54) is 0 Å². The van der Waals surface area contributed by atoms with Gasteiger partial charge >= 0.3 is 5.63 Å². The first-order chi connectivity index (χ1) is 5.65. The molecule has 3 nitrogen and oxygen atoms in total. The SMILES string of the molecule is C#CCc1c(O)cc(=O)oc1C. The predicted molar refractivity (Wildman–Crippen MR) is 43.9 cm³/mol. The van der Waals surface area contributed by atoms with Gasteiger partial charge < -0.3 is 9.52 Å². The summed E-state index contributed by atoms with van der Waals surface area (Å²) >= 11 is 0. The Labute approximate surface area is 69.7 Å². The number of aryl methyl sites for hydroxylation is 1. The highest BCUT2D eigenvalue weighted by Crippen LogP contribution is 2.17. The lowest BCUT2D eigenvalue weighted by Crippen LogP contribution is -2.00. The van der Waals surface area contributed by atoms with Crippen LogP contribution in [0.1, 0.15) is 11.3 Å². The van der Waals surface area contributed by atoms with Gasteiger partial charge in [-0.1, -0.05) is 0 Å². The van der Waals surface area contributed by atoms with E-state index in [-0.39, 0.29) is 12.2 Å². The highest BCUT2D eigenvalue weighted by Gasteiger charge is 2.06. The van der Waals surface area contributed by atoms with Crippen LogP contribution >= 0.6 is 0 Å². The maximum absolute atomic E-state index is 10.7. The molecule has 0 bridgehead atoms. The average molecular weight is 164 g/mol. The molecule has 3 heteroatoms. The number of hydrogen-bond acceptors (Lipinski definition) is 3. The second-order valence-electron chi connectivity index (χ2n) is 2.37. The van der Waals surface area contributed by atoms with Crippen molar-refractivity contribution in [3.05, 3.63) is 27.8 Å². The molecule has 0 saturated carbocycles. The molecule has 0 spiro atoms. The van der Waals surface area contributed by atoms with E-state index in [0.717, 1.165) is 6.07 Å². The van der Waals surface area contributed by atoms with E-state index in [2.05, 4.69) is 5.92 Å². The summed E-state index contributed by atoms with van der Waals surface area (Å²) in [5.74, 6) is 2.64. The third kappa shape index (κ3) is 1.48. The van der Waals surface area contributed by atoms with Crippen LogP contribution in [0.25, 0.3) is 0 Å². The van der Waals surface area contributed by atoms with E-state index in [0.29, 0.717) is 11.3 Å². The van der Waals surface area contributed by atoms with E-state index in [1.54, 1.807) is 6.92 Å². The summed E-state index contributed by atoms with van der Waals surface area (Å²) in [6, 6.07) is 1.01. The van der Waals surface area contributed by atoms with Gasteiger partial charge in [0.15, 0.2) is 0 Å². The van der Waals surface area contributed by atoms with Gasteiger partial charge in [-0.2, -0.15) is 0 Å². The topological polar surface area (TPSA) is 50.4 Å². The second kappa shape index (κ2) is 3.14. The van der Waals surface area contributed by atoms with Crippen molar-refractivity contribution in [2.45, 2.75) is 13.3 Å². The van der Waals surface area contributed by atoms with Crippen LogP contribution in [0, 0.1) is 19.3 Å². The Balaban J connectivity index is 3.30. The molecule has 0 aliphatic heterocycles. The molecule has 0 unspecified atom stereocenters. The summed E-state index contributed by atoms with van der Waals surface area (Å²) in [6.07, 6.45) is 5.32. The van der Waals surface area contributed by atoms with Gasteiger partial charge in [0.05, 0.1) is 6.07 Å². The minimum absolute atomic E-state index is 0.0956. The number of hydrogen-bond donors (Lipinski definition) is 1. The van der Waals surface area contributed by atoms with Gasteiger partial charge in [-0.3, -0.25) is 0 Å². The van der Waals surface area contributed by atoms with Crippen molar-refractivity contribution in [3.8, 4) is 18.1 Å². The fourth-order valence-electron chi connectivity index (χ4n) is 0.938. The summed E-state index contributed by atoms with van der Waals surface area (Å²) < 4.78 is 4.73. The zero-order chi connectivity index (χ0) is 9.14. The first kappa shape index (κ1) is 8.41. The summed E-state index contributed by atoms with van der Waals surface area (Å²) in [4.78, 5) is 10.7. The summed E-state index contributed by atoms with van der Waals surface area (Å²) in [7, 11) is 0. The number of rotatable bonds is 1. The first-order valence-electron chi connectivity index (χ1n) is 3.41. The molecule has 0 aromatic carbocycles. The van der Waals surface area contributed by atoms with Gasteiger partial charge in [-0.05, 0) is 6.92 Å². The maximum atomic E-state index is 10.7. The largest absolute Gasteiger partial charge is 0.507 e. The molecule has 0 fully saturated rings. The molecule has 0 atom stereocenters. The third-order valence-electron chi connectivity index (χ3n) is 1.52. The molecule has 0 saturated heterocycles. The van der Waals surface area contributed by atoms with E-state index in [1.807, 2.05) is 0 Å². The van der Waals surface area contributed by atoms with Crippen LogP contribution in [0.4, 0.5) is 0 Å². The molecule has 0 amide bonds. The molecule has 1 heterocycles. The molecule has 0 radical (unpaired) electrons. The van der Waals surface area contributed by atoms with Crippen molar-refractivity contribution in [1.82, 2.24) is 0 Å². The third-order valence-corrected chi connectivity index (χ3v) is 1.52. The zero-order valence-corrected chi connectivity index (χ0v) is 6.63. The Morgan fingerprint density at radius 1 is 1.75 bits per heavy atom. The second-order valence-corrected chi connectivity index (χ2v) is 2.37. The van der Waals surface area contributed by atoms with Crippen LogP contribution < -0.4 is 5.63 Å². The standard InChI is InChI=1S/C9H8O3/c1-3-4-7-6(2)12-9(11)5-8(7)10/h1,5,10H,4H2,2H3. The minimum atomic E-state index is -0.564. The van der Waals surface area contributed by atoms with Crippen molar-refractivity contribution in [2.24, 2.45) is 0 Å². The van der Waals surface area contributed by atoms with Gasteiger partial charge in [-0.15, -0.1) is 12.3 Å². The minimum Gasteiger partial charge on any atom is -0.507 e. The van der Waals surface area contributed by atoms with E-state index in [9.17, 15) is 9.90 Å². The lowest BCUT2D eigenvalue weighted by atomic mass is 10.1. The first-order valence-corrected chi connectivity index (χ1v) is 3.41. The molecular weight excluding hydrogens is 156 g/mol. The molecule has 1 N–H and O–H groups in total. The summed E-state index contributed by atoms with van der Waals surface area (Å²) in [5.41, 5.74) is -0.0668. The average Bonchev–Trinajstić information content (AvgIpc) is 1.96. The molecule has 0 aliphatic carbocycles. The monoisotopic (exact) mass is 164 g/mol. The van der Waals surface area contributed by atoms with Crippen molar-refractivity contribution < 1.29 is 9.52 Å². The highest BCUT2D eigenvalue weighted by molar-refractivity contribution is 5.34. The molecular formula is C9H8O3. The van der Waals surface area contributed by atoms with Crippen molar-refractivity contribution >= 4 is 0 Å². The molecule has 0 aliphatic rings. The smallest absolute Gasteiger partial charge is 0.339 e. The Kier molecular flexibility index (Phi) is 2.20. The van der Waals surface area contributed by atoms with E-state index < -0.39 is 5.63 Å². The maximum Gasteiger partial charge on any atom is 0.339 e. The summed E-state index contributed by atoms with van der Waals surface area (Å²) in [6.45, 7) is 1.59. The van der Waals surface area contributed by atoms with Crippen LogP contribution in [-0.2, 0) is 6.42 Å². The van der Waals surface area contributed by atoms with Gasteiger partial charge in [0.1, 0.15) is 11.5 Å². The van der Waals surface area contributed by atoms with Crippen LogP contribution in [0.2, 0.25) is 0 Å². The molecule has 1 aromatic rings. The Morgan fingerprint density at radius 2 is 2.42 bits per heavy atom. The van der Waals surface area contributed by atoms with Gasteiger partial charge in [-0.25, -0.2) is 4.79 Å². The Bertz CT molecular complexity index is 355. The van der Waals surface area contributed by atoms with E-state index in [4.69, 9.17) is 10.8 Å². The van der Waals surface area contributed by atoms with Crippen LogP contribution in [0.5, 0.6) is 5.75 Å². The van der Waals surface area contributed by atoms with Crippen LogP contribution in [0.15, 0.2) is 15.3 Å². The van der Waals surface area contributed by atoms with Crippen LogP contribution in [0.3, 0.4) is 0 Å². The Morgan fingerprint density at radius 3 is 2.92 bits per heavy atom. The zero-order valence-electron chi connectivity index (χ0n) is 6.63. The molecule has 12 heavy (non-hydrogen) atoms. The highest BCUT2D eigenvalue weighted by atomic mass is 16.4. The number of terminal acetylenes is 1. The lowest BCUT2D eigenvalue weighted by molar-refractivity contribution is 0.425. The summed E-state index contributed by atoms with van der Waals surface area (Å²) in [5, 5.41) is 9.25. The van der Waals surface area contributed by atoms with Crippen molar-refractivity contribution in [1.29, 1.82) is 0 Å². The van der Waals surface area contributed by atoms with Gasteiger partial charge in [0.25, 0.3) is 0 Å². The fraction of sp³-hybridized carbons (Fsp3) is 0.222. The predicted octanol–water partition coefficient (Wildman–Crippen LogP) is 0.830. The van der Waals surface area contributed by atoms with Crippen LogP contribution in [-0.4, -0.2) is 5.11 Å². The Hall–Kier alpha value is -1.69. The molecule has 1 rings (SSSR count). The van der Waals surface area contributed by atoms with Crippen molar-refractivity contribution in [3.63, 3.8) is 0 Å². The van der Waals surface area contributed by atoms with Gasteiger partial charge in [0, 0.05) is 12.0 Å². The quantitative estimate of drug-likeness (QED) is 0.625. The van der Waals surface area contributed by atoms with Gasteiger partial charge in [0.2, 0.25) is 0 Å². The molecule has 1 aromatic heterocycles. The number of aromatic hydroxyl groups is 1.